The van der Waals surface area contributed by atoms with E-state index in [2.05, 4.69) is 15.6 Å². The second-order valence-corrected chi connectivity index (χ2v) is 4.68. The van der Waals surface area contributed by atoms with Gasteiger partial charge in [-0.25, -0.2) is 0 Å². The van der Waals surface area contributed by atoms with Crippen LogP contribution in [0.1, 0.15) is 18.4 Å². The van der Waals surface area contributed by atoms with Crippen molar-refractivity contribution in [1.82, 2.24) is 10.6 Å². The first-order valence-electron chi connectivity index (χ1n) is 6.37. The number of aliphatic imine (C=N–C) groups is 1. The van der Waals surface area contributed by atoms with Gasteiger partial charge in [0.25, 0.3) is 5.69 Å². The van der Waals surface area contributed by atoms with Crippen molar-refractivity contribution < 1.29 is 4.92 Å². The number of nitro groups is 1. The van der Waals surface area contributed by atoms with Gasteiger partial charge in [-0.2, -0.15) is 0 Å². The molecule has 0 aromatic heterocycles. The molecule has 0 aliphatic heterocycles. The maximum Gasteiger partial charge on any atom is 0.269 e. The van der Waals surface area contributed by atoms with Crippen LogP contribution in [0.3, 0.4) is 0 Å². The summed E-state index contributed by atoms with van der Waals surface area (Å²) in [7, 11) is 1.72. The molecule has 0 saturated heterocycles. The Bertz CT molecular complexity index is 483. The van der Waals surface area contributed by atoms with Gasteiger partial charge in [0, 0.05) is 32.3 Å². The molecule has 1 saturated carbocycles. The van der Waals surface area contributed by atoms with Gasteiger partial charge in [0.05, 0.1) is 4.92 Å². The van der Waals surface area contributed by atoms with Crippen LogP contribution < -0.4 is 10.6 Å². The Kier molecular flexibility index (Phi) is 4.33. The van der Waals surface area contributed by atoms with Crippen LogP contribution >= 0.6 is 0 Å². The van der Waals surface area contributed by atoms with E-state index >= 15 is 0 Å². The molecule has 1 aromatic rings. The van der Waals surface area contributed by atoms with Gasteiger partial charge < -0.3 is 10.6 Å². The summed E-state index contributed by atoms with van der Waals surface area (Å²) in [5, 5.41) is 17.1. The highest BCUT2D eigenvalue weighted by atomic mass is 16.6. The predicted molar refractivity (Wildman–Crippen MR) is 74.0 cm³/mol. The summed E-state index contributed by atoms with van der Waals surface area (Å²) < 4.78 is 0. The molecule has 19 heavy (non-hydrogen) atoms. The van der Waals surface area contributed by atoms with E-state index in [4.69, 9.17) is 0 Å². The molecule has 0 atom stereocenters. The molecule has 0 unspecified atom stereocenters. The lowest BCUT2D eigenvalue weighted by Gasteiger charge is -2.11. The molecule has 102 valence electrons. The van der Waals surface area contributed by atoms with Crippen molar-refractivity contribution in [3.63, 3.8) is 0 Å². The second-order valence-electron chi connectivity index (χ2n) is 4.68. The Morgan fingerprint density at radius 1 is 1.47 bits per heavy atom. The maximum atomic E-state index is 10.7. The van der Waals surface area contributed by atoms with Crippen molar-refractivity contribution in [2.75, 3.05) is 13.6 Å². The molecule has 6 nitrogen and oxygen atoms in total. The van der Waals surface area contributed by atoms with E-state index in [1.54, 1.807) is 19.2 Å². The number of nitrogens with one attached hydrogen (secondary N) is 2. The Morgan fingerprint density at radius 3 is 2.89 bits per heavy atom. The number of guanidine groups is 1. The van der Waals surface area contributed by atoms with E-state index in [9.17, 15) is 10.1 Å². The second kappa shape index (κ2) is 6.17. The number of benzene rings is 1. The van der Waals surface area contributed by atoms with Crippen LogP contribution in [0.2, 0.25) is 0 Å². The van der Waals surface area contributed by atoms with Crippen molar-refractivity contribution in [3.05, 3.63) is 39.9 Å². The summed E-state index contributed by atoms with van der Waals surface area (Å²) in [6.45, 7) is 1.46. The number of hydrogen-bond donors (Lipinski definition) is 2. The van der Waals surface area contributed by atoms with E-state index in [0.717, 1.165) is 24.0 Å². The molecule has 1 aromatic carbocycles. The summed E-state index contributed by atoms with van der Waals surface area (Å²) >= 11 is 0. The van der Waals surface area contributed by atoms with Gasteiger partial charge in [0.1, 0.15) is 0 Å². The number of nitro benzene ring substituents is 1. The summed E-state index contributed by atoms with van der Waals surface area (Å²) in [6, 6.07) is 6.61. The molecule has 0 bridgehead atoms. The van der Waals surface area contributed by atoms with Crippen LogP contribution in [0.4, 0.5) is 5.69 Å². The fourth-order valence-corrected chi connectivity index (χ4v) is 1.75. The van der Waals surface area contributed by atoms with Gasteiger partial charge >= 0.3 is 0 Å². The van der Waals surface area contributed by atoms with Crippen molar-refractivity contribution in [2.24, 2.45) is 10.9 Å². The molecule has 1 fully saturated rings. The summed E-state index contributed by atoms with van der Waals surface area (Å²) in [4.78, 5) is 14.4. The van der Waals surface area contributed by atoms with E-state index in [1.165, 1.54) is 18.9 Å². The highest BCUT2D eigenvalue weighted by Crippen LogP contribution is 2.27. The van der Waals surface area contributed by atoms with Crippen molar-refractivity contribution in [1.29, 1.82) is 0 Å². The van der Waals surface area contributed by atoms with Crippen LogP contribution in [0, 0.1) is 16.0 Å². The van der Waals surface area contributed by atoms with Crippen LogP contribution in [0.25, 0.3) is 0 Å². The molecule has 1 aliphatic carbocycles. The van der Waals surface area contributed by atoms with Crippen molar-refractivity contribution >= 4 is 11.6 Å². The standard InChI is InChI=1S/C13H18N4O2/c1-14-13(15-8-10-5-6-10)16-9-11-3-2-4-12(7-11)17(18)19/h2-4,7,10H,5-6,8-9H2,1H3,(H2,14,15,16). The minimum absolute atomic E-state index is 0.111. The third-order valence-electron chi connectivity index (χ3n) is 3.06. The lowest BCUT2D eigenvalue weighted by molar-refractivity contribution is -0.384. The fourth-order valence-electron chi connectivity index (χ4n) is 1.75. The quantitative estimate of drug-likeness (QED) is 0.366. The summed E-state index contributed by atoms with van der Waals surface area (Å²) in [5.41, 5.74) is 0.976. The highest BCUT2D eigenvalue weighted by molar-refractivity contribution is 5.79. The zero-order valence-corrected chi connectivity index (χ0v) is 10.9. The monoisotopic (exact) mass is 262 g/mol. The minimum atomic E-state index is -0.385. The van der Waals surface area contributed by atoms with Crippen molar-refractivity contribution in [3.8, 4) is 0 Å². The average molecular weight is 262 g/mol. The zero-order chi connectivity index (χ0) is 13.7. The first-order valence-corrected chi connectivity index (χ1v) is 6.37. The zero-order valence-electron chi connectivity index (χ0n) is 10.9. The molecule has 0 spiro atoms. The van der Waals surface area contributed by atoms with E-state index in [1.807, 2.05) is 6.07 Å². The van der Waals surface area contributed by atoms with Gasteiger partial charge in [-0.3, -0.25) is 15.1 Å². The Labute approximate surface area is 112 Å². The third kappa shape index (κ3) is 4.24. The summed E-state index contributed by atoms with van der Waals surface area (Å²) in [5.74, 6) is 1.51. The van der Waals surface area contributed by atoms with Gasteiger partial charge in [-0.15, -0.1) is 0 Å². The number of hydrogen-bond acceptors (Lipinski definition) is 3. The average Bonchev–Trinajstić information content (AvgIpc) is 3.23. The molecule has 0 heterocycles. The molecule has 0 amide bonds. The topological polar surface area (TPSA) is 79.6 Å². The lowest BCUT2D eigenvalue weighted by atomic mass is 10.2. The Morgan fingerprint density at radius 2 is 2.26 bits per heavy atom. The molecular formula is C13H18N4O2. The Hall–Kier alpha value is -2.11. The minimum Gasteiger partial charge on any atom is -0.356 e. The smallest absolute Gasteiger partial charge is 0.269 e. The van der Waals surface area contributed by atoms with Crippen LogP contribution in [0.15, 0.2) is 29.3 Å². The highest BCUT2D eigenvalue weighted by Gasteiger charge is 2.21. The predicted octanol–water partition coefficient (Wildman–Crippen LogP) is 1.67. The first-order chi connectivity index (χ1) is 9.19. The number of nitrogens with zero attached hydrogens (tertiary/aromatic N) is 2. The Balaban J connectivity index is 1.85. The van der Waals surface area contributed by atoms with Gasteiger partial charge in [0.2, 0.25) is 0 Å². The van der Waals surface area contributed by atoms with Crippen LogP contribution in [0.5, 0.6) is 0 Å². The van der Waals surface area contributed by atoms with Gasteiger partial charge in [0.15, 0.2) is 5.96 Å². The van der Waals surface area contributed by atoms with E-state index in [-0.39, 0.29) is 10.6 Å². The van der Waals surface area contributed by atoms with Crippen LogP contribution in [-0.2, 0) is 6.54 Å². The molecule has 2 N–H and O–H groups in total. The normalized spacial score (nSPS) is 15.1. The number of rotatable bonds is 5. The van der Waals surface area contributed by atoms with E-state index < -0.39 is 0 Å². The van der Waals surface area contributed by atoms with Crippen LogP contribution in [-0.4, -0.2) is 24.5 Å². The molecular weight excluding hydrogens is 244 g/mol. The van der Waals surface area contributed by atoms with Gasteiger partial charge in [-0.1, -0.05) is 12.1 Å². The largest absolute Gasteiger partial charge is 0.356 e. The SMILES string of the molecule is CN=C(NCc1cccc([N+](=O)[O-])c1)NCC1CC1. The third-order valence-corrected chi connectivity index (χ3v) is 3.06. The van der Waals surface area contributed by atoms with Gasteiger partial charge in [-0.05, 0) is 24.3 Å². The fraction of sp³-hybridized carbons (Fsp3) is 0.462. The summed E-state index contributed by atoms with van der Waals surface area (Å²) in [6.07, 6.45) is 2.57. The molecule has 6 heteroatoms. The number of non-ortho nitro benzene ring substituents is 1. The van der Waals surface area contributed by atoms with E-state index in [0.29, 0.717) is 6.54 Å². The molecule has 2 rings (SSSR count). The maximum absolute atomic E-state index is 10.7. The lowest BCUT2D eigenvalue weighted by Crippen LogP contribution is -2.37. The molecule has 0 radical (unpaired) electrons. The van der Waals surface area contributed by atoms with Crippen molar-refractivity contribution in [2.45, 2.75) is 19.4 Å². The first kappa shape index (κ1) is 13.3. The molecule has 1 aliphatic rings.